The lowest BCUT2D eigenvalue weighted by Gasteiger charge is -2.27. The Bertz CT molecular complexity index is 883. The van der Waals surface area contributed by atoms with Gasteiger partial charge in [0.05, 0.1) is 0 Å². The van der Waals surface area contributed by atoms with Gasteiger partial charge in [-0.2, -0.15) is 0 Å². The number of carbonyl (C=O) groups excluding carboxylic acids is 2. The zero-order chi connectivity index (χ0) is 18.4. The van der Waals surface area contributed by atoms with E-state index in [2.05, 4.69) is 18.0 Å². The Kier molecular flexibility index (Phi) is 4.44. The van der Waals surface area contributed by atoms with Crippen LogP contribution in [-0.2, 0) is 16.0 Å². The van der Waals surface area contributed by atoms with Crippen LogP contribution >= 0.6 is 11.6 Å². The van der Waals surface area contributed by atoms with Crippen molar-refractivity contribution in [2.24, 2.45) is 11.8 Å². The number of pyridine rings is 1. The molecule has 2 aliphatic carbocycles. The molecule has 2 bridgehead atoms. The summed E-state index contributed by atoms with van der Waals surface area (Å²) in [6.45, 7) is 4.06. The first-order valence-electron chi connectivity index (χ1n) is 9.32. The summed E-state index contributed by atoms with van der Waals surface area (Å²) < 4.78 is 0. The van der Waals surface area contributed by atoms with Crippen molar-refractivity contribution >= 4 is 23.2 Å². The van der Waals surface area contributed by atoms with Gasteiger partial charge in [-0.25, -0.2) is 4.98 Å². The van der Waals surface area contributed by atoms with Crippen LogP contribution in [0.5, 0.6) is 0 Å². The number of rotatable bonds is 3. The van der Waals surface area contributed by atoms with E-state index in [0.717, 1.165) is 53.5 Å². The van der Waals surface area contributed by atoms with E-state index in [-0.39, 0.29) is 23.4 Å². The minimum absolute atomic E-state index is 0.0648. The Balaban J connectivity index is 1.83. The summed E-state index contributed by atoms with van der Waals surface area (Å²) in [4.78, 5) is 30.1. The van der Waals surface area contributed by atoms with Crippen molar-refractivity contribution in [1.82, 2.24) is 4.98 Å². The summed E-state index contributed by atoms with van der Waals surface area (Å²) in [5, 5.41) is 0.464. The molecule has 4 rings (SSSR count). The van der Waals surface area contributed by atoms with Crippen molar-refractivity contribution in [3.8, 4) is 11.1 Å². The van der Waals surface area contributed by atoms with Crippen LogP contribution in [0.4, 0.5) is 0 Å². The standard InChI is InChI=1S/C22H22ClNO2/c1-3-13-4-5-14(18-11-24-19(23)8-12(18)2)10-17(13)20-21(25)15-6-7-16(9-15)22(20)26/h4-5,8,10-11,15-16,20H,3,6-7,9H2,1-2H3/t15-,16+,20?. The number of ketones is 2. The fraction of sp³-hybridized carbons (Fsp3) is 0.409. The Morgan fingerprint density at radius 3 is 2.42 bits per heavy atom. The van der Waals surface area contributed by atoms with Crippen molar-refractivity contribution < 1.29 is 9.59 Å². The summed E-state index contributed by atoms with van der Waals surface area (Å²) in [5.41, 5.74) is 4.98. The van der Waals surface area contributed by atoms with E-state index in [1.54, 1.807) is 6.20 Å². The normalized spacial score (nSPS) is 25.0. The molecule has 26 heavy (non-hydrogen) atoms. The number of aryl methyl sites for hydroxylation is 2. The third kappa shape index (κ3) is 2.79. The minimum atomic E-state index is -0.586. The maximum atomic E-state index is 13.0. The first-order chi connectivity index (χ1) is 12.5. The molecule has 1 unspecified atom stereocenters. The van der Waals surface area contributed by atoms with Gasteiger partial charge in [-0.15, -0.1) is 0 Å². The van der Waals surface area contributed by atoms with Crippen LogP contribution in [0.3, 0.4) is 0 Å². The molecule has 1 aromatic heterocycles. The molecule has 3 atom stereocenters. The predicted molar refractivity (Wildman–Crippen MR) is 102 cm³/mol. The van der Waals surface area contributed by atoms with Gasteiger partial charge in [-0.3, -0.25) is 9.59 Å². The van der Waals surface area contributed by atoms with Gasteiger partial charge >= 0.3 is 0 Å². The van der Waals surface area contributed by atoms with Gasteiger partial charge in [0.15, 0.2) is 11.6 Å². The molecule has 2 fully saturated rings. The van der Waals surface area contributed by atoms with Crippen molar-refractivity contribution in [3.63, 3.8) is 0 Å². The smallest absolute Gasteiger partial charge is 0.150 e. The molecule has 0 N–H and O–H groups in total. The highest BCUT2D eigenvalue weighted by molar-refractivity contribution is 6.29. The number of carbonyl (C=O) groups is 2. The van der Waals surface area contributed by atoms with Gasteiger partial charge in [0.1, 0.15) is 11.1 Å². The van der Waals surface area contributed by atoms with E-state index in [9.17, 15) is 9.59 Å². The van der Waals surface area contributed by atoms with Gasteiger partial charge < -0.3 is 0 Å². The first-order valence-corrected chi connectivity index (χ1v) is 9.70. The quantitative estimate of drug-likeness (QED) is 0.571. The highest BCUT2D eigenvalue weighted by Crippen LogP contribution is 2.45. The largest absolute Gasteiger partial charge is 0.298 e. The number of aromatic nitrogens is 1. The predicted octanol–water partition coefficient (Wildman–Crippen LogP) is 4.92. The summed E-state index contributed by atoms with van der Waals surface area (Å²) >= 11 is 5.98. The van der Waals surface area contributed by atoms with Crippen LogP contribution < -0.4 is 0 Å². The molecule has 2 aromatic rings. The number of Topliss-reactive ketones (excluding diaryl/α,β-unsaturated/α-hetero) is 2. The lowest BCUT2D eigenvalue weighted by Crippen LogP contribution is -2.35. The van der Waals surface area contributed by atoms with Gasteiger partial charge in [-0.1, -0.05) is 30.7 Å². The average molecular weight is 368 g/mol. The van der Waals surface area contributed by atoms with Crippen LogP contribution in [-0.4, -0.2) is 16.6 Å². The molecule has 2 saturated carbocycles. The number of hydrogen-bond acceptors (Lipinski definition) is 3. The Morgan fingerprint density at radius 2 is 1.81 bits per heavy atom. The maximum Gasteiger partial charge on any atom is 0.150 e. The summed E-state index contributed by atoms with van der Waals surface area (Å²) in [5.74, 6) is -0.204. The topological polar surface area (TPSA) is 47.0 Å². The third-order valence-electron chi connectivity index (χ3n) is 6.03. The molecule has 0 amide bonds. The molecule has 0 aliphatic heterocycles. The highest BCUT2D eigenvalue weighted by atomic mass is 35.5. The molecule has 1 heterocycles. The molecule has 0 saturated heterocycles. The molecule has 0 spiro atoms. The molecule has 3 nitrogen and oxygen atoms in total. The zero-order valence-electron chi connectivity index (χ0n) is 15.1. The van der Waals surface area contributed by atoms with Gasteiger partial charge in [0.25, 0.3) is 0 Å². The van der Waals surface area contributed by atoms with Crippen molar-refractivity contribution in [1.29, 1.82) is 0 Å². The average Bonchev–Trinajstić information content (AvgIpc) is 3.07. The first kappa shape index (κ1) is 17.4. The zero-order valence-corrected chi connectivity index (χ0v) is 15.8. The van der Waals surface area contributed by atoms with Crippen LogP contribution in [0.2, 0.25) is 5.15 Å². The van der Waals surface area contributed by atoms with Crippen molar-refractivity contribution in [3.05, 3.63) is 52.3 Å². The van der Waals surface area contributed by atoms with Gasteiger partial charge in [0, 0.05) is 23.6 Å². The number of nitrogens with zero attached hydrogens (tertiary/aromatic N) is 1. The van der Waals surface area contributed by atoms with E-state index in [0.29, 0.717) is 5.15 Å². The van der Waals surface area contributed by atoms with Gasteiger partial charge in [0.2, 0.25) is 0 Å². The van der Waals surface area contributed by atoms with Crippen molar-refractivity contribution in [2.75, 3.05) is 0 Å². The van der Waals surface area contributed by atoms with E-state index in [4.69, 9.17) is 11.6 Å². The van der Waals surface area contributed by atoms with E-state index in [1.807, 2.05) is 25.1 Å². The van der Waals surface area contributed by atoms with E-state index < -0.39 is 5.92 Å². The second kappa shape index (κ2) is 6.62. The lowest BCUT2D eigenvalue weighted by atomic mass is 9.73. The molecule has 1 aromatic carbocycles. The Morgan fingerprint density at radius 1 is 1.12 bits per heavy atom. The number of benzene rings is 1. The summed E-state index contributed by atoms with van der Waals surface area (Å²) in [6.07, 6.45) is 5.06. The van der Waals surface area contributed by atoms with Crippen LogP contribution in [0.1, 0.15) is 48.8 Å². The van der Waals surface area contributed by atoms with Crippen LogP contribution in [0, 0.1) is 18.8 Å². The van der Waals surface area contributed by atoms with Crippen molar-refractivity contribution in [2.45, 2.75) is 45.4 Å². The fourth-order valence-electron chi connectivity index (χ4n) is 4.59. The van der Waals surface area contributed by atoms with Crippen LogP contribution in [0.25, 0.3) is 11.1 Å². The lowest BCUT2D eigenvalue weighted by molar-refractivity contribution is -0.135. The van der Waals surface area contributed by atoms with E-state index in [1.165, 1.54) is 0 Å². The highest BCUT2D eigenvalue weighted by Gasteiger charge is 2.47. The summed E-state index contributed by atoms with van der Waals surface area (Å²) in [6, 6.07) is 7.96. The molecule has 0 radical (unpaired) electrons. The molecule has 4 heteroatoms. The number of hydrogen-bond donors (Lipinski definition) is 0. The second-order valence-electron chi connectivity index (χ2n) is 7.53. The fourth-order valence-corrected chi connectivity index (χ4v) is 4.81. The summed E-state index contributed by atoms with van der Waals surface area (Å²) in [7, 11) is 0. The second-order valence-corrected chi connectivity index (χ2v) is 7.92. The molecular formula is C22H22ClNO2. The Labute approximate surface area is 158 Å². The number of halogens is 1. The minimum Gasteiger partial charge on any atom is -0.298 e. The molecular weight excluding hydrogens is 346 g/mol. The monoisotopic (exact) mass is 367 g/mol. The SMILES string of the molecule is CCc1ccc(-c2cnc(Cl)cc2C)cc1C1C(=O)[C@@H]2CC[C@@H](C2)C1=O. The molecule has 2 aliphatic rings. The third-order valence-corrected chi connectivity index (χ3v) is 6.24. The Hall–Kier alpha value is -2.00. The maximum absolute atomic E-state index is 13.0. The number of fused-ring (bicyclic) bond motifs is 2. The van der Waals surface area contributed by atoms with Crippen LogP contribution in [0.15, 0.2) is 30.5 Å². The van der Waals surface area contributed by atoms with Gasteiger partial charge in [-0.05, 0) is 67.0 Å². The molecule has 134 valence electrons. The van der Waals surface area contributed by atoms with E-state index >= 15 is 0 Å².